The van der Waals surface area contributed by atoms with Crippen LogP contribution in [0.2, 0.25) is 0 Å². The van der Waals surface area contributed by atoms with E-state index < -0.39 is 20.0 Å². The van der Waals surface area contributed by atoms with Crippen molar-refractivity contribution in [3.05, 3.63) is 36.5 Å². The predicted octanol–water partition coefficient (Wildman–Crippen LogP) is 18.9. The summed E-state index contributed by atoms with van der Waals surface area (Å²) in [5.41, 5.74) is 0. The number of nitrogens with one attached hydrogen (secondary N) is 1. The summed E-state index contributed by atoms with van der Waals surface area (Å²) in [6, 6.07) is -0.887. The Hall–Kier alpha value is -1.77. The van der Waals surface area contributed by atoms with Crippen molar-refractivity contribution in [2.24, 2.45) is 0 Å². The number of carbonyl (C=O) groups is 2. The van der Waals surface area contributed by atoms with Crippen molar-refractivity contribution in [3.8, 4) is 0 Å². The first-order valence-corrected chi connectivity index (χ1v) is 33.3. The van der Waals surface area contributed by atoms with Gasteiger partial charge in [-0.05, 0) is 57.4 Å². The zero-order chi connectivity index (χ0) is 54.3. The molecule has 1 N–H and O–H groups in total. The fourth-order valence-corrected chi connectivity index (χ4v) is 10.2. The second-order valence-electron chi connectivity index (χ2n) is 22.9. The van der Waals surface area contributed by atoms with Crippen LogP contribution in [0.1, 0.15) is 310 Å². The number of hydrogen-bond donors (Lipinski definition) is 1. The van der Waals surface area contributed by atoms with Gasteiger partial charge in [-0.25, -0.2) is 0 Å². The van der Waals surface area contributed by atoms with Gasteiger partial charge in [-0.15, -0.1) is 0 Å². The monoisotopic (exact) mass is 1060 g/mol. The minimum Gasteiger partial charge on any atom is -0.756 e. The quantitative estimate of drug-likeness (QED) is 0.0212. The van der Waals surface area contributed by atoms with Crippen LogP contribution in [0.5, 0.6) is 0 Å². The average molecular weight is 1060 g/mol. The number of rotatable bonds is 58. The summed E-state index contributed by atoms with van der Waals surface area (Å²) in [6.45, 7) is 6.77. The lowest BCUT2D eigenvalue weighted by molar-refractivity contribution is -0.870. The summed E-state index contributed by atoms with van der Waals surface area (Å²) in [7, 11) is 1.19. The largest absolute Gasteiger partial charge is 0.756 e. The molecule has 0 bridgehead atoms. The van der Waals surface area contributed by atoms with Crippen molar-refractivity contribution in [1.82, 2.24) is 5.32 Å². The van der Waals surface area contributed by atoms with Crippen molar-refractivity contribution < 1.29 is 37.3 Å². The smallest absolute Gasteiger partial charge is 0.306 e. The van der Waals surface area contributed by atoms with Gasteiger partial charge in [0.15, 0.2) is 0 Å². The molecule has 0 aromatic rings. The molecule has 0 heterocycles. The normalized spacial score (nSPS) is 13.9. The molecule has 0 aromatic heterocycles. The molecule has 0 fully saturated rings. The van der Waals surface area contributed by atoms with E-state index in [2.05, 4.69) is 50.4 Å². The predicted molar refractivity (Wildman–Crippen MR) is 316 cm³/mol. The number of phosphoric acid groups is 1. The lowest BCUT2D eigenvalue weighted by Gasteiger charge is -2.30. The summed E-state index contributed by atoms with van der Waals surface area (Å²) in [5, 5.41) is 3.04. The Balaban J connectivity index is 5.18. The van der Waals surface area contributed by atoms with E-state index >= 15 is 0 Å². The van der Waals surface area contributed by atoms with Crippen LogP contribution in [0.25, 0.3) is 0 Å². The highest BCUT2D eigenvalue weighted by Crippen LogP contribution is 2.38. The number of esters is 1. The second-order valence-corrected chi connectivity index (χ2v) is 24.3. The van der Waals surface area contributed by atoms with Crippen LogP contribution in [-0.4, -0.2) is 69.4 Å². The first-order valence-electron chi connectivity index (χ1n) is 31.8. The van der Waals surface area contributed by atoms with Gasteiger partial charge in [0.2, 0.25) is 5.91 Å². The number of nitrogens with zero attached hydrogens (tertiary/aromatic N) is 1. The Kier molecular flexibility index (Phi) is 53.3. The maximum absolute atomic E-state index is 13.5. The Morgan fingerprint density at radius 2 is 0.865 bits per heavy atom. The molecule has 3 unspecified atom stereocenters. The molecular formula is C64H123N2O7P. The van der Waals surface area contributed by atoms with Crippen LogP contribution in [0, 0.1) is 0 Å². The van der Waals surface area contributed by atoms with Gasteiger partial charge in [-0.2, -0.15) is 0 Å². The fraction of sp³-hybridized carbons (Fsp3) is 0.875. The van der Waals surface area contributed by atoms with Crippen molar-refractivity contribution in [2.45, 2.75) is 322 Å². The Bertz CT molecular complexity index is 1360. The molecule has 0 radical (unpaired) electrons. The first-order chi connectivity index (χ1) is 35.9. The van der Waals surface area contributed by atoms with Crippen LogP contribution in [-0.2, 0) is 27.9 Å². The number of amides is 1. The van der Waals surface area contributed by atoms with Crippen LogP contribution in [0.4, 0.5) is 0 Å². The van der Waals surface area contributed by atoms with Crippen LogP contribution < -0.4 is 10.2 Å². The molecule has 436 valence electrons. The fourth-order valence-electron chi connectivity index (χ4n) is 9.44. The Morgan fingerprint density at radius 1 is 0.486 bits per heavy atom. The van der Waals surface area contributed by atoms with Gasteiger partial charge in [0, 0.05) is 12.8 Å². The van der Waals surface area contributed by atoms with E-state index in [1.165, 1.54) is 193 Å². The van der Waals surface area contributed by atoms with Gasteiger partial charge in [0.05, 0.1) is 33.8 Å². The zero-order valence-corrected chi connectivity index (χ0v) is 50.7. The number of quaternary nitrogens is 1. The van der Waals surface area contributed by atoms with Crippen molar-refractivity contribution in [3.63, 3.8) is 0 Å². The van der Waals surface area contributed by atoms with Crippen molar-refractivity contribution in [1.29, 1.82) is 0 Å². The number of phosphoric ester groups is 1. The minimum absolute atomic E-state index is 0.0212. The summed E-state index contributed by atoms with van der Waals surface area (Å²) in [4.78, 5) is 40.0. The number of ether oxygens (including phenoxy) is 1. The van der Waals surface area contributed by atoms with Gasteiger partial charge in [-0.3, -0.25) is 14.2 Å². The molecule has 0 saturated heterocycles. The second kappa shape index (κ2) is 54.6. The molecule has 0 rings (SSSR count). The number of hydrogen-bond acceptors (Lipinski definition) is 7. The number of unbranched alkanes of at least 4 members (excludes halogenated alkanes) is 38. The number of allylic oxidation sites excluding steroid dienone is 5. The van der Waals surface area contributed by atoms with E-state index in [0.717, 1.165) is 83.5 Å². The molecule has 74 heavy (non-hydrogen) atoms. The van der Waals surface area contributed by atoms with E-state index in [1.807, 2.05) is 33.3 Å². The molecule has 0 aliphatic heterocycles. The maximum atomic E-state index is 13.5. The van der Waals surface area contributed by atoms with Gasteiger partial charge in [0.25, 0.3) is 7.82 Å². The molecule has 1 amide bonds. The standard InChI is InChI=1S/C64H123N2O7P/c1-7-10-13-16-19-22-25-28-30-31-32-33-34-35-36-38-41-44-47-50-53-56-63(67)65-61(60-72-74(69,70)71-59-58-66(4,5)6)62(55-52-49-46-43-40-37-27-24-21-18-15-12-9-3)73-64(68)57-54-51-48-45-42-39-29-26-23-20-17-14-11-8-2/h11,14,20,23,52,55,61-62H,7-10,12-13,15-19,21-22,24-51,53-54,56-60H2,1-6H3,(H-,65,67,69,70)/b14-11+,23-20+,55-52+. The van der Waals surface area contributed by atoms with E-state index in [1.54, 1.807) is 0 Å². The van der Waals surface area contributed by atoms with E-state index in [9.17, 15) is 19.0 Å². The summed E-state index contributed by atoms with van der Waals surface area (Å²) < 4.78 is 30.3. The molecule has 10 heteroatoms. The van der Waals surface area contributed by atoms with Crippen LogP contribution in [0.3, 0.4) is 0 Å². The van der Waals surface area contributed by atoms with Crippen LogP contribution in [0.15, 0.2) is 36.5 Å². The van der Waals surface area contributed by atoms with E-state index in [0.29, 0.717) is 17.4 Å². The van der Waals surface area contributed by atoms with Gasteiger partial charge >= 0.3 is 5.97 Å². The van der Waals surface area contributed by atoms with E-state index in [-0.39, 0.29) is 31.5 Å². The molecule has 0 aromatic carbocycles. The van der Waals surface area contributed by atoms with Crippen molar-refractivity contribution in [2.75, 3.05) is 40.9 Å². The van der Waals surface area contributed by atoms with Crippen molar-refractivity contribution >= 4 is 19.7 Å². The highest BCUT2D eigenvalue weighted by atomic mass is 31.2. The average Bonchev–Trinajstić information content (AvgIpc) is 3.36. The molecule has 0 saturated carbocycles. The molecule has 9 nitrogen and oxygen atoms in total. The topological polar surface area (TPSA) is 114 Å². The molecule has 0 spiro atoms. The SMILES string of the molecule is CC/C=C/C/C=C/CCCCCCCCCC(=O)OC(/C=C/CCCCCCCCCCCCC)C(COP(=O)([O-])OCC[N+](C)(C)C)NC(=O)CCCCCCCCCCCCCCCCCCCCCCC. The van der Waals surface area contributed by atoms with Gasteiger partial charge in [-0.1, -0.05) is 276 Å². The lowest BCUT2D eigenvalue weighted by atomic mass is 10.0. The highest BCUT2D eigenvalue weighted by molar-refractivity contribution is 7.45. The Morgan fingerprint density at radius 3 is 1.28 bits per heavy atom. The Labute approximate surface area is 459 Å². The summed E-state index contributed by atoms with van der Waals surface area (Å²) in [6.07, 6.45) is 65.4. The maximum Gasteiger partial charge on any atom is 0.306 e. The summed E-state index contributed by atoms with van der Waals surface area (Å²) >= 11 is 0. The number of carbonyl (C=O) groups excluding carboxylic acids is 2. The van der Waals surface area contributed by atoms with Crippen LogP contribution >= 0.6 is 7.82 Å². The highest BCUT2D eigenvalue weighted by Gasteiger charge is 2.27. The van der Waals surface area contributed by atoms with Gasteiger partial charge < -0.3 is 28.5 Å². The van der Waals surface area contributed by atoms with E-state index in [4.69, 9.17) is 13.8 Å². The van der Waals surface area contributed by atoms with Gasteiger partial charge in [0.1, 0.15) is 19.3 Å². The third-order valence-corrected chi connectivity index (χ3v) is 15.3. The molecular weight excluding hydrogens is 940 g/mol. The lowest BCUT2D eigenvalue weighted by Crippen LogP contribution is -2.47. The molecule has 0 aliphatic rings. The third kappa shape index (κ3) is 55.0. The third-order valence-electron chi connectivity index (χ3n) is 14.3. The molecule has 3 atom stereocenters. The molecule has 0 aliphatic carbocycles. The zero-order valence-electron chi connectivity index (χ0n) is 49.8. The summed E-state index contributed by atoms with van der Waals surface area (Å²) in [5.74, 6) is -0.536. The first kappa shape index (κ1) is 72.2. The minimum atomic E-state index is -4.70. The number of likely N-dealkylation sites (N-methyl/N-ethyl adjacent to an activating group) is 1.